The summed E-state index contributed by atoms with van der Waals surface area (Å²) in [4.78, 5) is 63.3. The van der Waals surface area contributed by atoms with Crippen molar-refractivity contribution < 1.29 is 33.4 Å². The minimum Gasteiger partial charge on any atom is -0.464 e. The summed E-state index contributed by atoms with van der Waals surface area (Å²) in [6, 6.07) is 17.1. The molecule has 374 valence electrons. The largest absolute Gasteiger partial charge is 0.464 e. The fraction of sp³-hybridized carbons (Fsp3) is 0.519. The van der Waals surface area contributed by atoms with Crippen molar-refractivity contribution in [2.75, 3.05) is 53.0 Å². The molecule has 0 aliphatic carbocycles. The van der Waals surface area contributed by atoms with Gasteiger partial charge in [-0.3, -0.25) is 34.1 Å². The first-order chi connectivity index (χ1) is 31.6. The van der Waals surface area contributed by atoms with E-state index in [1.54, 1.807) is 18.2 Å². The van der Waals surface area contributed by atoms with Crippen molar-refractivity contribution in [3.05, 3.63) is 77.6 Å². The molecular formula is C52H71N7O7S3. The third-order valence-electron chi connectivity index (χ3n) is 13.6. The van der Waals surface area contributed by atoms with Crippen molar-refractivity contribution in [1.29, 1.82) is 0 Å². The third-order valence-corrected chi connectivity index (χ3v) is 13.6. The van der Waals surface area contributed by atoms with Gasteiger partial charge in [0.1, 0.15) is 12.1 Å². The lowest BCUT2D eigenvalue weighted by atomic mass is 9.84. The average Bonchev–Trinajstić information content (AvgIpc) is 3.57. The Morgan fingerprint density at radius 3 is 2.48 bits per heavy atom. The molecule has 3 fully saturated rings. The number of benzene rings is 2. The van der Waals surface area contributed by atoms with Gasteiger partial charge >= 0.3 is 5.97 Å². The summed E-state index contributed by atoms with van der Waals surface area (Å²) in [5, 5.41) is 5.57. The van der Waals surface area contributed by atoms with Crippen molar-refractivity contribution in [3.8, 4) is 34.2 Å². The number of hydrogen-bond donors (Lipinski definition) is 2. The summed E-state index contributed by atoms with van der Waals surface area (Å²) >= 11 is 0. The normalized spacial score (nSPS) is 20.0. The average molecular weight is 1000 g/mol. The second kappa shape index (κ2) is 23.6. The van der Waals surface area contributed by atoms with Crippen LogP contribution in [-0.2, 0) is 52.8 Å². The molecule has 4 aliphatic rings. The van der Waals surface area contributed by atoms with Crippen LogP contribution in [0, 0.1) is 17.3 Å². The zero-order valence-electron chi connectivity index (χ0n) is 41.1. The Bertz CT molecular complexity index is 2550. The first kappa shape index (κ1) is 55.4. The van der Waals surface area contributed by atoms with Gasteiger partial charge in [0, 0.05) is 87.3 Å². The SMILES string of the molecule is CCn1c(-c2cccnc2[C@H](C)OC)c2c3cc(ccc31)-c1cccc(c1)C[C@H](NC(=O)CCOC1CN(C(=O)C#CC(C)(C)N3CCC3)C1)C(=O)N1CCC[C@H](N1)C(=O)OCC(C)(C)C2.S.S.S. The Balaban J connectivity index is 0.00000296. The number of hydrazine groups is 1. The van der Waals surface area contributed by atoms with Gasteiger partial charge in [-0.05, 0) is 106 Å². The number of amides is 3. The van der Waals surface area contributed by atoms with Gasteiger partial charge in [0.15, 0.2) is 0 Å². The van der Waals surface area contributed by atoms with E-state index in [2.05, 4.69) is 89.2 Å². The Morgan fingerprint density at radius 1 is 1.01 bits per heavy atom. The lowest BCUT2D eigenvalue weighted by Gasteiger charge is -2.41. The van der Waals surface area contributed by atoms with E-state index in [4.69, 9.17) is 19.2 Å². The maximum absolute atomic E-state index is 14.4. The third kappa shape index (κ3) is 12.5. The monoisotopic (exact) mass is 1000 g/mol. The summed E-state index contributed by atoms with van der Waals surface area (Å²) in [5.74, 6) is 4.63. The number of fused-ring (bicyclic) bond motifs is 6. The highest BCUT2D eigenvalue weighted by Crippen LogP contribution is 2.42. The molecule has 6 heterocycles. The lowest BCUT2D eigenvalue weighted by molar-refractivity contribution is -0.155. The molecule has 6 bridgehead atoms. The zero-order chi connectivity index (χ0) is 46.8. The Labute approximate surface area is 428 Å². The van der Waals surface area contributed by atoms with Gasteiger partial charge in [0.05, 0.1) is 42.3 Å². The van der Waals surface area contributed by atoms with Gasteiger partial charge in [-0.1, -0.05) is 50.1 Å². The summed E-state index contributed by atoms with van der Waals surface area (Å²) in [7, 11) is 1.70. The lowest BCUT2D eigenvalue weighted by Crippen LogP contribution is -2.60. The van der Waals surface area contributed by atoms with E-state index in [9.17, 15) is 19.2 Å². The number of carbonyl (C=O) groups excluding carboxylic acids is 4. The molecule has 0 spiro atoms. The van der Waals surface area contributed by atoms with Crippen LogP contribution in [0.2, 0.25) is 0 Å². The van der Waals surface area contributed by atoms with Crippen LogP contribution >= 0.6 is 40.5 Å². The number of ether oxygens (including phenoxy) is 3. The summed E-state index contributed by atoms with van der Waals surface area (Å²) in [6.07, 6.45) is 4.48. The van der Waals surface area contributed by atoms with Gasteiger partial charge < -0.3 is 29.0 Å². The molecule has 0 saturated carbocycles. The van der Waals surface area contributed by atoms with E-state index in [-0.39, 0.29) is 102 Å². The van der Waals surface area contributed by atoms with Crippen molar-refractivity contribution in [2.45, 2.75) is 116 Å². The minimum atomic E-state index is -0.929. The Hall–Kier alpha value is -4.54. The van der Waals surface area contributed by atoms with Crippen LogP contribution in [0.5, 0.6) is 0 Å². The summed E-state index contributed by atoms with van der Waals surface area (Å²) in [6.45, 7) is 16.7. The number of methoxy groups -OCH3 is 1. The Kier molecular flexibility index (Phi) is 18.9. The topological polar surface area (TPSA) is 148 Å². The van der Waals surface area contributed by atoms with E-state index in [1.807, 2.05) is 39.0 Å². The number of aryl methyl sites for hydroxylation is 1. The number of nitrogens with one attached hydrogen (secondary N) is 2. The van der Waals surface area contributed by atoms with Crippen molar-refractivity contribution in [1.82, 2.24) is 35.1 Å². The highest BCUT2D eigenvalue weighted by atomic mass is 32.1. The van der Waals surface area contributed by atoms with Crippen LogP contribution in [0.1, 0.15) is 90.2 Å². The molecule has 0 unspecified atom stereocenters. The van der Waals surface area contributed by atoms with Crippen LogP contribution in [-0.4, -0.2) is 125 Å². The smallest absolute Gasteiger partial charge is 0.324 e. The number of cyclic esters (lactones) is 1. The quantitative estimate of drug-likeness (QED) is 0.139. The number of carbonyl (C=O) groups is 4. The second-order valence-electron chi connectivity index (χ2n) is 19.5. The van der Waals surface area contributed by atoms with Gasteiger partial charge in [-0.2, -0.15) is 40.5 Å². The number of pyridine rings is 1. The number of nitrogens with zero attached hydrogens (tertiary/aromatic N) is 5. The molecule has 3 amide bonds. The summed E-state index contributed by atoms with van der Waals surface area (Å²) in [5.41, 5.74) is 10.3. The first-order valence-corrected chi connectivity index (χ1v) is 23.6. The molecule has 3 saturated heterocycles. The maximum atomic E-state index is 14.4. The van der Waals surface area contributed by atoms with E-state index in [0.29, 0.717) is 38.9 Å². The molecule has 0 radical (unpaired) electrons. The van der Waals surface area contributed by atoms with Gasteiger partial charge in [0.2, 0.25) is 5.91 Å². The maximum Gasteiger partial charge on any atom is 0.324 e. The highest BCUT2D eigenvalue weighted by molar-refractivity contribution is 7.59. The van der Waals surface area contributed by atoms with Crippen molar-refractivity contribution >= 4 is 75.1 Å². The number of rotatable bonds is 10. The second-order valence-corrected chi connectivity index (χ2v) is 19.5. The van der Waals surface area contributed by atoms with Crippen LogP contribution < -0.4 is 10.7 Å². The van der Waals surface area contributed by atoms with Crippen LogP contribution in [0.15, 0.2) is 60.8 Å². The van der Waals surface area contributed by atoms with E-state index in [0.717, 1.165) is 76.2 Å². The number of hydrogen-bond acceptors (Lipinski definition) is 10. The number of likely N-dealkylation sites (tertiary alicyclic amines) is 2. The van der Waals surface area contributed by atoms with Gasteiger partial charge in [-0.25, -0.2) is 5.43 Å². The minimum absolute atomic E-state index is 0. The van der Waals surface area contributed by atoms with Crippen LogP contribution in [0.3, 0.4) is 0 Å². The first-order valence-electron chi connectivity index (χ1n) is 23.6. The van der Waals surface area contributed by atoms with Crippen molar-refractivity contribution in [3.63, 3.8) is 0 Å². The molecule has 4 aromatic rings. The van der Waals surface area contributed by atoms with Gasteiger partial charge in [-0.15, -0.1) is 0 Å². The predicted molar refractivity (Wildman–Crippen MR) is 284 cm³/mol. The Morgan fingerprint density at radius 2 is 1.77 bits per heavy atom. The molecule has 8 rings (SSSR count). The highest BCUT2D eigenvalue weighted by Gasteiger charge is 2.36. The summed E-state index contributed by atoms with van der Waals surface area (Å²) < 4.78 is 20.2. The molecular weight excluding hydrogens is 931 g/mol. The molecule has 17 heteroatoms. The molecule has 3 atom stereocenters. The predicted octanol–water partition coefficient (Wildman–Crippen LogP) is 6.19. The number of esters is 1. The fourth-order valence-corrected chi connectivity index (χ4v) is 9.52. The van der Waals surface area contributed by atoms with Gasteiger partial charge in [0.25, 0.3) is 11.8 Å². The molecule has 69 heavy (non-hydrogen) atoms. The molecule has 14 nitrogen and oxygen atoms in total. The van der Waals surface area contributed by atoms with Crippen molar-refractivity contribution in [2.24, 2.45) is 5.41 Å². The fourth-order valence-electron chi connectivity index (χ4n) is 9.52. The van der Waals surface area contributed by atoms with E-state index >= 15 is 0 Å². The van der Waals surface area contributed by atoms with E-state index in [1.165, 1.54) is 5.01 Å². The van der Waals surface area contributed by atoms with Crippen LogP contribution in [0.25, 0.3) is 33.3 Å². The molecule has 2 aromatic heterocycles. The number of aromatic nitrogens is 2. The molecule has 4 aliphatic heterocycles. The standard InChI is InChI=1S/C52H65N7O7.3H2S/c1-8-58-44-18-17-37-29-40(44)41(48(58)39-15-10-22-53-47(39)34(2)64-7)30-51(3,4)33-66-50(63)42-16-11-25-59(55-42)49(62)43(28-35-13-9-14-36(37)27-35)54-45(60)20-26-65-38-31-56(32-38)46(61)19-21-52(5,6)57-23-12-24-57;;;/h9-10,13-15,17-18,22,27,29,34,38,42-43,55H,8,11-12,16,20,23-26,28,30-33H2,1-7H3,(H,54,60);3*1H2/t34-,42-,43-;;;/m0.../s1. The van der Waals surface area contributed by atoms with E-state index < -0.39 is 23.5 Å². The molecule has 2 N–H and O–H groups in total. The zero-order valence-corrected chi connectivity index (χ0v) is 44.1. The molecule has 2 aromatic carbocycles. The van der Waals surface area contributed by atoms with Crippen LogP contribution in [0.4, 0.5) is 0 Å².